The van der Waals surface area contributed by atoms with Crippen LogP contribution in [0.5, 0.6) is 11.5 Å². The summed E-state index contributed by atoms with van der Waals surface area (Å²) in [6.07, 6.45) is 2.10. The number of benzene rings is 3. The number of aromatic nitrogens is 1. The summed E-state index contributed by atoms with van der Waals surface area (Å²) >= 11 is 0. The molecule has 4 aromatic rings. The van der Waals surface area contributed by atoms with Crippen LogP contribution in [0.15, 0.2) is 72.9 Å². The van der Waals surface area contributed by atoms with E-state index >= 15 is 0 Å². The predicted molar refractivity (Wildman–Crippen MR) is 132 cm³/mol. The number of nitrogens with zero attached hydrogens (tertiary/aromatic N) is 1. The van der Waals surface area contributed by atoms with Gasteiger partial charge in [0, 0.05) is 22.8 Å². The van der Waals surface area contributed by atoms with Gasteiger partial charge in [-0.15, -0.1) is 0 Å². The second-order valence-corrected chi connectivity index (χ2v) is 8.27. The quantitative estimate of drug-likeness (QED) is 0.431. The third-order valence-electron chi connectivity index (χ3n) is 5.78. The Kier molecular flexibility index (Phi) is 5.91. The Morgan fingerprint density at radius 1 is 1.12 bits per heavy atom. The maximum absolute atomic E-state index is 12.7. The lowest BCUT2D eigenvalue weighted by molar-refractivity contribution is -0.121. The van der Waals surface area contributed by atoms with Gasteiger partial charge < -0.3 is 24.7 Å². The SMILES string of the molecule is Cc1cccc(OCCN2C(=O)COc3ccc(NC(=O)Cc4c[nH]c5ccccc45)cc32)c1. The largest absolute Gasteiger partial charge is 0.492 e. The number of aromatic amines is 1. The van der Waals surface area contributed by atoms with Crippen molar-refractivity contribution in [3.8, 4) is 11.5 Å². The number of hydrogen-bond donors (Lipinski definition) is 2. The van der Waals surface area contributed by atoms with Crippen molar-refractivity contribution in [2.45, 2.75) is 13.3 Å². The third-order valence-corrected chi connectivity index (χ3v) is 5.78. The molecule has 2 amide bonds. The Bertz CT molecular complexity index is 1360. The van der Waals surface area contributed by atoms with E-state index in [1.807, 2.05) is 61.7 Å². The molecule has 0 fully saturated rings. The van der Waals surface area contributed by atoms with Crippen molar-refractivity contribution in [3.05, 3.63) is 84.1 Å². The van der Waals surface area contributed by atoms with Crippen LogP contribution in [0.4, 0.5) is 11.4 Å². The molecule has 0 saturated carbocycles. The average molecular weight is 456 g/mol. The number of carbonyl (C=O) groups excluding carboxylic acids is 2. The van der Waals surface area contributed by atoms with Crippen molar-refractivity contribution < 1.29 is 19.1 Å². The van der Waals surface area contributed by atoms with E-state index in [1.165, 1.54) is 0 Å². The summed E-state index contributed by atoms with van der Waals surface area (Å²) in [4.78, 5) is 30.1. The molecule has 0 saturated heterocycles. The van der Waals surface area contributed by atoms with Crippen molar-refractivity contribution in [2.24, 2.45) is 0 Å². The number of rotatable bonds is 7. The molecule has 1 aliphatic rings. The second-order valence-electron chi connectivity index (χ2n) is 8.27. The monoisotopic (exact) mass is 455 g/mol. The third kappa shape index (κ3) is 4.59. The normalized spacial score (nSPS) is 12.9. The van der Waals surface area contributed by atoms with Crippen LogP contribution in [0.2, 0.25) is 0 Å². The Morgan fingerprint density at radius 3 is 2.88 bits per heavy atom. The van der Waals surface area contributed by atoms with Crippen LogP contribution in [0.1, 0.15) is 11.1 Å². The van der Waals surface area contributed by atoms with Crippen molar-refractivity contribution in [1.29, 1.82) is 0 Å². The van der Waals surface area contributed by atoms with E-state index < -0.39 is 0 Å². The highest BCUT2D eigenvalue weighted by Gasteiger charge is 2.26. The number of amides is 2. The summed E-state index contributed by atoms with van der Waals surface area (Å²) in [6, 6.07) is 21.0. The second kappa shape index (κ2) is 9.31. The molecule has 0 unspecified atom stereocenters. The molecule has 5 rings (SSSR count). The Morgan fingerprint density at radius 2 is 2.00 bits per heavy atom. The van der Waals surface area contributed by atoms with Gasteiger partial charge >= 0.3 is 0 Å². The predicted octanol–water partition coefficient (Wildman–Crippen LogP) is 4.46. The zero-order valence-corrected chi connectivity index (χ0v) is 18.8. The summed E-state index contributed by atoms with van der Waals surface area (Å²) < 4.78 is 11.4. The van der Waals surface area contributed by atoms with Crippen LogP contribution in [0, 0.1) is 6.92 Å². The molecule has 0 aliphatic carbocycles. The van der Waals surface area contributed by atoms with Crippen molar-refractivity contribution in [2.75, 3.05) is 30.0 Å². The zero-order chi connectivity index (χ0) is 23.5. The fourth-order valence-corrected chi connectivity index (χ4v) is 4.14. The van der Waals surface area contributed by atoms with Crippen LogP contribution < -0.4 is 19.7 Å². The van der Waals surface area contributed by atoms with Gasteiger partial charge in [-0.05, 0) is 54.4 Å². The summed E-state index contributed by atoms with van der Waals surface area (Å²) in [5.74, 6) is 1.08. The van der Waals surface area contributed by atoms with Crippen LogP contribution in [-0.4, -0.2) is 36.6 Å². The highest BCUT2D eigenvalue weighted by molar-refractivity contribution is 6.00. The minimum atomic E-state index is -0.150. The molecule has 3 aromatic carbocycles. The summed E-state index contributed by atoms with van der Waals surface area (Å²) in [5.41, 5.74) is 4.26. The van der Waals surface area contributed by atoms with E-state index in [2.05, 4.69) is 10.3 Å². The van der Waals surface area contributed by atoms with Gasteiger partial charge in [-0.1, -0.05) is 30.3 Å². The molecule has 7 nitrogen and oxygen atoms in total. The van der Waals surface area contributed by atoms with Gasteiger partial charge in [-0.2, -0.15) is 0 Å². The first-order chi connectivity index (χ1) is 16.6. The van der Waals surface area contributed by atoms with Crippen molar-refractivity contribution in [1.82, 2.24) is 4.98 Å². The van der Waals surface area contributed by atoms with Gasteiger partial charge in [0.1, 0.15) is 18.1 Å². The number of nitrogens with one attached hydrogen (secondary N) is 2. The first kappa shape index (κ1) is 21.6. The molecular formula is C27H25N3O4. The van der Waals surface area contributed by atoms with Crippen LogP contribution in [0.3, 0.4) is 0 Å². The van der Waals surface area contributed by atoms with Crippen molar-refractivity contribution in [3.63, 3.8) is 0 Å². The maximum Gasteiger partial charge on any atom is 0.265 e. The number of para-hydroxylation sites is 1. The molecule has 1 aromatic heterocycles. The van der Waals surface area contributed by atoms with Crippen LogP contribution >= 0.6 is 0 Å². The fraction of sp³-hybridized carbons (Fsp3) is 0.185. The summed E-state index contributed by atoms with van der Waals surface area (Å²) in [7, 11) is 0. The van der Waals surface area contributed by atoms with Gasteiger partial charge in [0.05, 0.1) is 18.7 Å². The van der Waals surface area contributed by atoms with Gasteiger partial charge in [-0.25, -0.2) is 0 Å². The average Bonchev–Trinajstić information content (AvgIpc) is 3.23. The number of aryl methyl sites for hydroxylation is 1. The lowest BCUT2D eigenvalue weighted by Crippen LogP contribution is -2.41. The molecule has 7 heteroatoms. The zero-order valence-electron chi connectivity index (χ0n) is 18.8. The molecule has 0 bridgehead atoms. The Labute approximate surface area is 197 Å². The molecule has 1 aliphatic heterocycles. The maximum atomic E-state index is 12.7. The van der Waals surface area contributed by atoms with Gasteiger partial charge in [0.2, 0.25) is 5.91 Å². The first-order valence-corrected chi connectivity index (χ1v) is 11.2. The first-order valence-electron chi connectivity index (χ1n) is 11.2. The topological polar surface area (TPSA) is 83.7 Å². The molecular weight excluding hydrogens is 430 g/mol. The molecule has 0 spiro atoms. The number of ether oxygens (including phenoxy) is 2. The van der Waals surface area contributed by atoms with Crippen LogP contribution in [0.25, 0.3) is 10.9 Å². The highest BCUT2D eigenvalue weighted by Crippen LogP contribution is 2.34. The number of H-pyrrole nitrogens is 1. The summed E-state index contributed by atoms with van der Waals surface area (Å²) in [6.45, 7) is 2.69. The fourth-order valence-electron chi connectivity index (χ4n) is 4.14. The van der Waals surface area contributed by atoms with E-state index in [9.17, 15) is 9.59 Å². The van der Waals surface area contributed by atoms with Gasteiger partial charge in [0.25, 0.3) is 5.91 Å². The summed E-state index contributed by atoms with van der Waals surface area (Å²) in [5, 5.41) is 3.97. The smallest absolute Gasteiger partial charge is 0.265 e. The Balaban J connectivity index is 1.27. The minimum absolute atomic E-state index is 0.0241. The van der Waals surface area contributed by atoms with Crippen LogP contribution in [-0.2, 0) is 16.0 Å². The number of carbonyl (C=O) groups is 2. The standard InChI is InChI=1S/C27H25N3O4/c1-18-5-4-6-21(13-18)33-12-11-30-24-15-20(9-10-25(24)34-17-27(30)32)29-26(31)14-19-16-28-23-8-3-2-7-22(19)23/h2-10,13,15-16,28H,11-12,14,17H2,1H3,(H,29,31). The highest BCUT2D eigenvalue weighted by atomic mass is 16.5. The molecule has 0 radical (unpaired) electrons. The molecule has 34 heavy (non-hydrogen) atoms. The lowest BCUT2D eigenvalue weighted by atomic mass is 10.1. The minimum Gasteiger partial charge on any atom is -0.492 e. The number of hydrogen-bond acceptors (Lipinski definition) is 4. The van der Waals surface area contributed by atoms with E-state index in [-0.39, 0.29) is 24.8 Å². The van der Waals surface area contributed by atoms with E-state index in [0.717, 1.165) is 27.8 Å². The Hall–Kier alpha value is -4.26. The molecule has 0 atom stereocenters. The molecule has 172 valence electrons. The number of fused-ring (bicyclic) bond motifs is 2. The van der Waals surface area contributed by atoms with E-state index in [1.54, 1.807) is 23.1 Å². The van der Waals surface area contributed by atoms with E-state index in [0.29, 0.717) is 30.3 Å². The van der Waals surface area contributed by atoms with Gasteiger partial charge in [0.15, 0.2) is 6.61 Å². The van der Waals surface area contributed by atoms with Crippen molar-refractivity contribution >= 4 is 34.1 Å². The van der Waals surface area contributed by atoms with Gasteiger partial charge in [-0.3, -0.25) is 9.59 Å². The molecule has 2 heterocycles. The van der Waals surface area contributed by atoms with E-state index in [4.69, 9.17) is 9.47 Å². The molecule has 2 N–H and O–H groups in total. The lowest BCUT2D eigenvalue weighted by Gasteiger charge is -2.29. The number of anilines is 2.